The minimum Gasteiger partial charge on any atom is -0.352 e. The molecule has 2 N–H and O–H groups in total. The summed E-state index contributed by atoms with van der Waals surface area (Å²) < 4.78 is 1.65. The van der Waals surface area contributed by atoms with Crippen molar-refractivity contribution >= 4 is 23.1 Å². The van der Waals surface area contributed by atoms with Gasteiger partial charge in [0, 0.05) is 36.0 Å². The third-order valence-corrected chi connectivity index (χ3v) is 5.56. The number of fused-ring (bicyclic) bond motifs is 1. The molecule has 0 aliphatic heterocycles. The zero-order valence-corrected chi connectivity index (χ0v) is 17.6. The minimum absolute atomic E-state index is 0.0653. The lowest BCUT2D eigenvalue weighted by atomic mass is 10.1. The van der Waals surface area contributed by atoms with Gasteiger partial charge in [0.1, 0.15) is 11.6 Å². The van der Waals surface area contributed by atoms with Crippen LogP contribution in [0.4, 0.5) is 5.69 Å². The van der Waals surface area contributed by atoms with E-state index in [1.165, 1.54) is 6.20 Å². The molecule has 1 aliphatic rings. The number of carbonyl (C=O) groups is 2. The van der Waals surface area contributed by atoms with Crippen molar-refractivity contribution < 1.29 is 9.59 Å². The molecule has 1 aromatic carbocycles. The van der Waals surface area contributed by atoms with Gasteiger partial charge in [0.15, 0.2) is 5.65 Å². The van der Waals surface area contributed by atoms with Gasteiger partial charge in [-0.25, -0.2) is 9.50 Å². The molecule has 2 amide bonds. The summed E-state index contributed by atoms with van der Waals surface area (Å²) in [6, 6.07) is 9.63. The smallest absolute Gasteiger partial charge is 0.227 e. The van der Waals surface area contributed by atoms with E-state index < -0.39 is 0 Å². The van der Waals surface area contributed by atoms with Crippen LogP contribution in [0.2, 0.25) is 0 Å². The zero-order chi connectivity index (χ0) is 22.0. The van der Waals surface area contributed by atoms with E-state index in [1.807, 2.05) is 38.1 Å². The minimum atomic E-state index is -0.0653. The van der Waals surface area contributed by atoms with Crippen molar-refractivity contribution in [2.24, 2.45) is 5.92 Å². The number of hydrogen-bond donors (Lipinski definition) is 2. The molecule has 8 heteroatoms. The summed E-state index contributed by atoms with van der Waals surface area (Å²) in [5.41, 5.74) is 5.30. The molecule has 2 heterocycles. The van der Waals surface area contributed by atoms with E-state index in [0.29, 0.717) is 30.6 Å². The van der Waals surface area contributed by atoms with Gasteiger partial charge in [0.05, 0.1) is 6.20 Å². The van der Waals surface area contributed by atoms with Crippen LogP contribution in [-0.2, 0) is 22.6 Å². The fourth-order valence-electron chi connectivity index (χ4n) is 3.63. The first kappa shape index (κ1) is 20.5. The predicted octanol–water partition coefficient (Wildman–Crippen LogP) is 2.82. The summed E-state index contributed by atoms with van der Waals surface area (Å²) in [5, 5.41) is 19.3. The molecular weight excluding hydrogens is 392 g/mol. The predicted molar refractivity (Wildman–Crippen MR) is 115 cm³/mol. The molecule has 1 fully saturated rings. The van der Waals surface area contributed by atoms with E-state index >= 15 is 0 Å². The van der Waals surface area contributed by atoms with Crippen LogP contribution in [0.15, 0.2) is 30.5 Å². The van der Waals surface area contributed by atoms with Gasteiger partial charge in [-0.05, 0) is 56.4 Å². The Balaban J connectivity index is 1.35. The second-order valence-corrected chi connectivity index (χ2v) is 7.91. The number of amides is 2. The van der Waals surface area contributed by atoms with Crippen molar-refractivity contribution in [2.45, 2.75) is 46.1 Å². The zero-order valence-electron chi connectivity index (χ0n) is 17.6. The Labute approximate surface area is 180 Å². The summed E-state index contributed by atoms with van der Waals surface area (Å²) >= 11 is 0. The number of hydrogen-bond acceptors (Lipinski definition) is 5. The first-order valence-corrected chi connectivity index (χ1v) is 10.4. The van der Waals surface area contributed by atoms with Crippen molar-refractivity contribution in [3.05, 3.63) is 58.5 Å². The Morgan fingerprint density at radius 2 is 2.10 bits per heavy atom. The topological polar surface area (TPSA) is 112 Å². The summed E-state index contributed by atoms with van der Waals surface area (Å²) in [6.45, 7) is 4.20. The van der Waals surface area contributed by atoms with Crippen LogP contribution in [0.3, 0.4) is 0 Å². The summed E-state index contributed by atoms with van der Waals surface area (Å²) in [5.74, 6) is 0.151. The van der Waals surface area contributed by atoms with Crippen LogP contribution in [0.25, 0.3) is 5.65 Å². The van der Waals surface area contributed by atoms with Gasteiger partial charge < -0.3 is 10.6 Å². The molecule has 1 saturated carbocycles. The van der Waals surface area contributed by atoms with E-state index in [-0.39, 0.29) is 17.7 Å². The number of aromatic nitrogens is 3. The maximum atomic E-state index is 12.4. The van der Waals surface area contributed by atoms with Crippen LogP contribution in [0.1, 0.15) is 47.3 Å². The van der Waals surface area contributed by atoms with E-state index in [4.69, 9.17) is 0 Å². The number of nitriles is 1. The van der Waals surface area contributed by atoms with Gasteiger partial charge in [0.2, 0.25) is 11.8 Å². The normalized spacial score (nSPS) is 13.1. The van der Waals surface area contributed by atoms with Crippen molar-refractivity contribution in [2.75, 3.05) is 5.32 Å². The second kappa shape index (κ2) is 8.56. The van der Waals surface area contributed by atoms with Gasteiger partial charge in [-0.2, -0.15) is 10.4 Å². The molecule has 0 radical (unpaired) electrons. The highest BCUT2D eigenvalue weighted by molar-refractivity contribution is 5.94. The Hall–Kier alpha value is -3.73. The number of nitrogens with one attached hydrogen (secondary N) is 2. The summed E-state index contributed by atoms with van der Waals surface area (Å²) in [4.78, 5) is 28.8. The molecule has 0 unspecified atom stereocenters. The van der Waals surface area contributed by atoms with E-state index in [9.17, 15) is 14.9 Å². The maximum Gasteiger partial charge on any atom is 0.227 e. The van der Waals surface area contributed by atoms with Crippen molar-refractivity contribution in [1.29, 1.82) is 5.26 Å². The van der Waals surface area contributed by atoms with E-state index in [0.717, 1.165) is 41.0 Å². The fourth-order valence-corrected chi connectivity index (χ4v) is 3.63. The lowest BCUT2D eigenvalue weighted by Gasteiger charge is -2.12. The largest absolute Gasteiger partial charge is 0.352 e. The van der Waals surface area contributed by atoms with E-state index in [1.54, 1.807) is 4.52 Å². The molecule has 31 heavy (non-hydrogen) atoms. The standard InChI is InChI=1S/C23H24N6O2/c1-14-20(15(2)29-22(27-14)18(11-24)13-26-29)8-9-21(30)25-12-16-4-3-5-19(10-16)28-23(31)17-6-7-17/h3-5,10,13,17H,6-9,12H2,1-2H3,(H,25,30)(H,28,31). The number of nitrogens with zero attached hydrogens (tertiary/aromatic N) is 4. The Bertz CT molecular complexity index is 1200. The van der Waals surface area contributed by atoms with Crippen molar-refractivity contribution in [1.82, 2.24) is 19.9 Å². The third-order valence-electron chi connectivity index (χ3n) is 5.56. The van der Waals surface area contributed by atoms with Crippen LogP contribution >= 0.6 is 0 Å². The molecule has 0 atom stereocenters. The SMILES string of the molecule is Cc1nc2c(C#N)cnn2c(C)c1CCC(=O)NCc1cccc(NC(=O)C2CC2)c1. The number of aryl methyl sites for hydroxylation is 2. The number of rotatable bonds is 7. The number of carbonyl (C=O) groups excluding carboxylic acids is 2. The van der Waals surface area contributed by atoms with Crippen LogP contribution in [0, 0.1) is 31.1 Å². The highest BCUT2D eigenvalue weighted by Gasteiger charge is 2.29. The van der Waals surface area contributed by atoms with Crippen molar-refractivity contribution in [3.8, 4) is 6.07 Å². The average molecular weight is 416 g/mol. The monoisotopic (exact) mass is 416 g/mol. The third kappa shape index (κ3) is 4.56. The molecular formula is C23H24N6O2. The lowest BCUT2D eigenvalue weighted by Crippen LogP contribution is -2.23. The first-order chi connectivity index (χ1) is 15.0. The number of anilines is 1. The van der Waals surface area contributed by atoms with Crippen LogP contribution < -0.4 is 10.6 Å². The van der Waals surface area contributed by atoms with Gasteiger partial charge in [0.25, 0.3) is 0 Å². The highest BCUT2D eigenvalue weighted by Crippen LogP contribution is 2.30. The van der Waals surface area contributed by atoms with E-state index in [2.05, 4.69) is 26.8 Å². The Kier molecular flexibility index (Phi) is 5.67. The molecule has 2 aromatic heterocycles. The summed E-state index contributed by atoms with van der Waals surface area (Å²) in [6.07, 6.45) is 4.28. The molecule has 4 rings (SSSR count). The van der Waals surface area contributed by atoms with Gasteiger partial charge in [-0.15, -0.1) is 0 Å². The Morgan fingerprint density at radius 1 is 1.29 bits per heavy atom. The molecule has 3 aromatic rings. The number of benzene rings is 1. The molecule has 1 aliphatic carbocycles. The van der Waals surface area contributed by atoms with Crippen LogP contribution in [0.5, 0.6) is 0 Å². The molecule has 0 bridgehead atoms. The van der Waals surface area contributed by atoms with Gasteiger partial charge >= 0.3 is 0 Å². The quantitative estimate of drug-likeness (QED) is 0.615. The molecule has 0 spiro atoms. The molecule has 0 saturated heterocycles. The molecule has 8 nitrogen and oxygen atoms in total. The van der Waals surface area contributed by atoms with Crippen molar-refractivity contribution in [3.63, 3.8) is 0 Å². The fraction of sp³-hybridized carbons (Fsp3) is 0.348. The van der Waals surface area contributed by atoms with Crippen LogP contribution in [-0.4, -0.2) is 26.4 Å². The lowest BCUT2D eigenvalue weighted by molar-refractivity contribution is -0.121. The van der Waals surface area contributed by atoms with Gasteiger partial charge in [-0.3, -0.25) is 9.59 Å². The second-order valence-electron chi connectivity index (χ2n) is 7.91. The van der Waals surface area contributed by atoms with Gasteiger partial charge in [-0.1, -0.05) is 12.1 Å². The molecule has 158 valence electrons. The first-order valence-electron chi connectivity index (χ1n) is 10.4. The average Bonchev–Trinajstić information content (AvgIpc) is 3.53. The highest BCUT2D eigenvalue weighted by atomic mass is 16.2. The maximum absolute atomic E-state index is 12.4. The Morgan fingerprint density at radius 3 is 2.84 bits per heavy atom. The summed E-state index contributed by atoms with van der Waals surface area (Å²) in [7, 11) is 0.